The molecular formula is C16H16N4OS. The van der Waals surface area contributed by atoms with Gasteiger partial charge in [0.1, 0.15) is 0 Å². The third kappa shape index (κ3) is 3.65. The van der Waals surface area contributed by atoms with E-state index in [4.69, 9.17) is 0 Å². The van der Waals surface area contributed by atoms with Gasteiger partial charge in [0.15, 0.2) is 5.16 Å². The molecule has 112 valence electrons. The lowest BCUT2D eigenvalue weighted by molar-refractivity contribution is 0.616. The third-order valence-electron chi connectivity index (χ3n) is 3.27. The molecule has 1 aromatic carbocycles. The van der Waals surface area contributed by atoms with Crippen molar-refractivity contribution in [1.82, 2.24) is 19.7 Å². The molecule has 3 rings (SSSR count). The first-order chi connectivity index (χ1) is 10.8. The lowest BCUT2D eigenvalue weighted by Crippen LogP contribution is -2.18. The Balaban J connectivity index is 1.67. The molecule has 1 N–H and O–H groups in total. The van der Waals surface area contributed by atoms with Gasteiger partial charge >= 0.3 is 5.69 Å². The predicted molar refractivity (Wildman–Crippen MR) is 86.8 cm³/mol. The van der Waals surface area contributed by atoms with Crippen LogP contribution in [0.25, 0.3) is 0 Å². The molecule has 0 bridgehead atoms. The van der Waals surface area contributed by atoms with Gasteiger partial charge in [-0.05, 0) is 24.1 Å². The molecule has 0 saturated heterocycles. The SMILES string of the molecule is O=c1[nH]nc(SCc2ccccn2)n1CCc1ccccc1. The smallest absolute Gasteiger partial charge is 0.270 e. The Morgan fingerprint density at radius 3 is 2.68 bits per heavy atom. The number of hydrogen-bond donors (Lipinski definition) is 1. The standard InChI is InChI=1S/C16H16N4OS/c21-15-18-19-16(22-12-14-8-4-5-10-17-14)20(15)11-9-13-6-2-1-3-7-13/h1-8,10H,9,11-12H2,(H,18,21). The lowest BCUT2D eigenvalue weighted by Gasteiger charge is -2.05. The number of nitrogens with zero attached hydrogens (tertiary/aromatic N) is 3. The largest absolute Gasteiger partial charge is 0.343 e. The van der Waals surface area contributed by atoms with Crippen LogP contribution in [0, 0.1) is 0 Å². The van der Waals surface area contributed by atoms with Crippen molar-refractivity contribution in [1.29, 1.82) is 0 Å². The molecule has 0 aliphatic heterocycles. The van der Waals surface area contributed by atoms with Crippen LogP contribution < -0.4 is 5.69 Å². The van der Waals surface area contributed by atoms with E-state index in [0.29, 0.717) is 17.5 Å². The van der Waals surface area contributed by atoms with Crippen molar-refractivity contribution in [2.24, 2.45) is 0 Å². The van der Waals surface area contributed by atoms with E-state index in [0.717, 1.165) is 12.1 Å². The summed E-state index contributed by atoms with van der Waals surface area (Å²) in [5, 5.41) is 7.33. The Morgan fingerprint density at radius 2 is 1.91 bits per heavy atom. The van der Waals surface area contributed by atoms with Crippen LogP contribution in [0.1, 0.15) is 11.3 Å². The minimum Gasteiger partial charge on any atom is -0.270 e. The van der Waals surface area contributed by atoms with Crippen LogP contribution in [0.2, 0.25) is 0 Å². The van der Waals surface area contributed by atoms with Crippen molar-refractivity contribution in [2.75, 3.05) is 0 Å². The van der Waals surface area contributed by atoms with Crippen LogP contribution in [0.4, 0.5) is 0 Å². The first kappa shape index (κ1) is 14.6. The highest BCUT2D eigenvalue weighted by Gasteiger charge is 2.09. The maximum Gasteiger partial charge on any atom is 0.343 e. The van der Waals surface area contributed by atoms with Crippen molar-refractivity contribution in [2.45, 2.75) is 23.9 Å². The van der Waals surface area contributed by atoms with Gasteiger partial charge in [-0.15, -0.1) is 5.10 Å². The third-order valence-corrected chi connectivity index (χ3v) is 4.28. The molecular weight excluding hydrogens is 296 g/mol. The van der Waals surface area contributed by atoms with Crippen LogP contribution >= 0.6 is 11.8 Å². The fourth-order valence-electron chi connectivity index (χ4n) is 2.12. The van der Waals surface area contributed by atoms with Crippen molar-refractivity contribution in [3.8, 4) is 0 Å². The van der Waals surface area contributed by atoms with Crippen LogP contribution in [-0.4, -0.2) is 19.7 Å². The molecule has 0 atom stereocenters. The molecule has 0 amide bonds. The summed E-state index contributed by atoms with van der Waals surface area (Å²) in [5.74, 6) is 0.691. The number of hydrogen-bond acceptors (Lipinski definition) is 4. The minimum atomic E-state index is -0.167. The zero-order valence-electron chi connectivity index (χ0n) is 12.0. The quantitative estimate of drug-likeness (QED) is 0.710. The van der Waals surface area contributed by atoms with Crippen molar-refractivity contribution in [3.63, 3.8) is 0 Å². The molecule has 0 aliphatic carbocycles. The number of aryl methyl sites for hydroxylation is 1. The van der Waals surface area contributed by atoms with Gasteiger partial charge < -0.3 is 0 Å². The maximum absolute atomic E-state index is 11.9. The lowest BCUT2D eigenvalue weighted by atomic mass is 10.1. The summed E-state index contributed by atoms with van der Waals surface area (Å²) >= 11 is 1.51. The molecule has 0 spiro atoms. The van der Waals surface area contributed by atoms with Crippen LogP contribution in [0.5, 0.6) is 0 Å². The Bertz CT molecular complexity index is 768. The highest BCUT2D eigenvalue weighted by Crippen LogP contribution is 2.18. The van der Waals surface area contributed by atoms with Gasteiger partial charge in [-0.3, -0.25) is 9.55 Å². The molecule has 2 heterocycles. The summed E-state index contributed by atoms with van der Waals surface area (Å²) in [5.41, 5.74) is 2.01. The number of H-pyrrole nitrogens is 1. The van der Waals surface area contributed by atoms with Crippen molar-refractivity contribution >= 4 is 11.8 Å². The van der Waals surface area contributed by atoms with Gasteiger partial charge in [-0.2, -0.15) is 0 Å². The molecule has 0 radical (unpaired) electrons. The van der Waals surface area contributed by atoms with E-state index in [1.165, 1.54) is 17.3 Å². The van der Waals surface area contributed by atoms with E-state index in [9.17, 15) is 4.79 Å². The number of nitrogens with one attached hydrogen (secondary N) is 1. The summed E-state index contributed by atoms with van der Waals surface area (Å²) < 4.78 is 1.68. The molecule has 0 saturated carbocycles. The summed E-state index contributed by atoms with van der Waals surface area (Å²) in [6.07, 6.45) is 2.57. The highest BCUT2D eigenvalue weighted by molar-refractivity contribution is 7.98. The number of thioether (sulfide) groups is 1. The second-order valence-electron chi connectivity index (χ2n) is 4.81. The van der Waals surface area contributed by atoms with E-state index in [1.54, 1.807) is 10.8 Å². The topological polar surface area (TPSA) is 63.6 Å². The van der Waals surface area contributed by atoms with E-state index in [1.807, 2.05) is 36.4 Å². The average molecular weight is 312 g/mol. The molecule has 5 nitrogen and oxygen atoms in total. The number of pyridine rings is 1. The molecule has 22 heavy (non-hydrogen) atoms. The molecule has 0 aliphatic rings. The minimum absolute atomic E-state index is 0.167. The Kier molecular flexibility index (Phi) is 4.70. The van der Waals surface area contributed by atoms with E-state index < -0.39 is 0 Å². The summed E-state index contributed by atoms with van der Waals surface area (Å²) in [6, 6.07) is 15.9. The zero-order valence-corrected chi connectivity index (χ0v) is 12.8. The summed E-state index contributed by atoms with van der Waals surface area (Å²) in [6.45, 7) is 0.615. The molecule has 3 aromatic rings. The molecule has 0 unspecified atom stereocenters. The number of aromatic amines is 1. The zero-order chi connectivity index (χ0) is 15.2. The van der Waals surface area contributed by atoms with E-state index in [2.05, 4.69) is 27.3 Å². The van der Waals surface area contributed by atoms with Gasteiger partial charge in [-0.25, -0.2) is 9.89 Å². The fourth-order valence-corrected chi connectivity index (χ4v) is 3.01. The Hall–Kier alpha value is -2.34. The Labute approximate surface area is 132 Å². The summed E-state index contributed by atoms with van der Waals surface area (Å²) in [4.78, 5) is 16.2. The van der Waals surface area contributed by atoms with Crippen LogP contribution in [0.3, 0.4) is 0 Å². The predicted octanol–water partition coefficient (Wildman–Crippen LogP) is 2.50. The Morgan fingerprint density at radius 1 is 1.09 bits per heavy atom. The van der Waals surface area contributed by atoms with E-state index >= 15 is 0 Å². The highest BCUT2D eigenvalue weighted by atomic mass is 32.2. The van der Waals surface area contributed by atoms with Crippen molar-refractivity contribution < 1.29 is 0 Å². The van der Waals surface area contributed by atoms with Gasteiger partial charge in [0.05, 0.1) is 5.69 Å². The second kappa shape index (κ2) is 7.09. The number of rotatable bonds is 6. The average Bonchev–Trinajstić information content (AvgIpc) is 2.93. The second-order valence-corrected chi connectivity index (χ2v) is 5.75. The van der Waals surface area contributed by atoms with Gasteiger partial charge in [0, 0.05) is 18.5 Å². The first-order valence-corrected chi connectivity index (χ1v) is 8.03. The normalized spacial score (nSPS) is 10.7. The number of aromatic nitrogens is 4. The fraction of sp³-hybridized carbons (Fsp3) is 0.188. The number of benzene rings is 1. The summed E-state index contributed by atoms with van der Waals surface area (Å²) in [7, 11) is 0. The van der Waals surface area contributed by atoms with Crippen LogP contribution in [-0.2, 0) is 18.7 Å². The monoisotopic (exact) mass is 312 g/mol. The molecule has 0 fully saturated rings. The van der Waals surface area contributed by atoms with Crippen molar-refractivity contribution in [3.05, 3.63) is 76.5 Å². The molecule has 6 heteroatoms. The maximum atomic E-state index is 11.9. The van der Waals surface area contributed by atoms with Crippen LogP contribution in [0.15, 0.2) is 64.7 Å². The molecule has 2 aromatic heterocycles. The van der Waals surface area contributed by atoms with E-state index in [-0.39, 0.29) is 5.69 Å². The first-order valence-electron chi connectivity index (χ1n) is 7.05. The van der Waals surface area contributed by atoms with Gasteiger partial charge in [-0.1, -0.05) is 48.2 Å². The van der Waals surface area contributed by atoms with Gasteiger partial charge in [0.25, 0.3) is 0 Å². The van der Waals surface area contributed by atoms with Gasteiger partial charge in [0.2, 0.25) is 0 Å².